The zero-order valence-corrected chi connectivity index (χ0v) is 17.9. The highest BCUT2D eigenvalue weighted by Crippen LogP contribution is 2.35. The van der Waals surface area contributed by atoms with Crippen molar-refractivity contribution in [2.75, 3.05) is 32.2 Å². The van der Waals surface area contributed by atoms with Crippen molar-refractivity contribution < 1.29 is 28.7 Å². The van der Waals surface area contributed by atoms with Gasteiger partial charge in [0.05, 0.1) is 42.1 Å². The largest absolute Gasteiger partial charge is 0.493 e. The molecule has 10 heteroatoms. The van der Waals surface area contributed by atoms with Crippen LogP contribution in [0.15, 0.2) is 36.4 Å². The topological polar surface area (TPSA) is 129 Å². The number of benzene rings is 2. The maximum absolute atomic E-state index is 13.0. The van der Waals surface area contributed by atoms with Crippen molar-refractivity contribution in [2.24, 2.45) is 0 Å². The molecular formula is C22H25N3O7. The molecule has 0 aliphatic carbocycles. The van der Waals surface area contributed by atoms with Crippen LogP contribution in [0.4, 0.5) is 11.4 Å². The number of hydrogen-bond acceptors (Lipinski definition) is 7. The van der Waals surface area contributed by atoms with Crippen LogP contribution < -0.4 is 20.1 Å². The van der Waals surface area contributed by atoms with E-state index < -0.39 is 16.5 Å². The Morgan fingerprint density at radius 2 is 1.97 bits per heavy atom. The number of nitro benzene ring substituents is 1. The summed E-state index contributed by atoms with van der Waals surface area (Å²) >= 11 is 0. The van der Waals surface area contributed by atoms with Gasteiger partial charge in [-0.1, -0.05) is 12.1 Å². The maximum atomic E-state index is 13.0. The highest BCUT2D eigenvalue weighted by molar-refractivity contribution is 6.11. The Balaban J connectivity index is 1.84. The lowest BCUT2D eigenvalue weighted by Crippen LogP contribution is -2.32. The van der Waals surface area contributed by atoms with Gasteiger partial charge in [-0.3, -0.25) is 19.7 Å². The van der Waals surface area contributed by atoms with Crippen LogP contribution in [-0.4, -0.2) is 49.7 Å². The molecule has 0 radical (unpaired) electrons. The molecule has 1 heterocycles. The molecular weight excluding hydrogens is 418 g/mol. The second-order valence-corrected chi connectivity index (χ2v) is 7.06. The fraction of sp³-hybridized carbons (Fsp3) is 0.364. The molecule has 1 aliphatic heterocycles. The number of para-hydroxylation sites is 1. The molecule has 1 saturated heterocycles. The summed E-state index contributed by atoms with van der Waals surface area (Å²) in [6.07, 6.45) is 1.80. The summed E-state index contributed by atoms with van der Waals surface area (Å²) in [5, 5.41) is 17.0. The minimum atomic E-state index is -0.752. The normalized spacial score (nSPS) is 15.1. The van der Waals surface area contributed by atoms with E-state index in [1.807, 2.05) is 0 Å². The summed E-state index contributed by atoms with van der Waals surface area (Å²) < 4.78 is 16.1. The molecule has 1 unspecified atom stereocenters. The summed E-state index contributed by atoms with van der Waals surface area (Å²) in [5.74, 6) is -0.787. The van der Waals surface area contributed by atoms with Crippen LogP contribution in [0.3, 0.4) is 0 Å². The lowest BCUT2D eigenvalue weighted by Gasteiger charge is -2.15. The molecule has 2 aromatic carbocycles. The average molecular weight is 443 g/mol. The van der Waals surface area contributed by atoms with Gasteiger partial charge in [0.1, 0.15) is 5.56 Å². The van der Waals surface area contributed by atoms with Crippen LogP contribution in [0.2, 0.25) is 0 Å². The molecule has 0 spiro atoms. The van der Waals surface area contributed by atoms with Gasteiger partial charge in [0, 0.05) is 19.2 Å². The van der Waals surface area contributed by atoms with Crippen LogP contribution in [0, 0.1) is 10.1 Å². The quantitative estimate of drug-likeness (QED) is 0.450. The number of ether oxygens (including phenoxy) is 3. The van der Waals surface area contributed by atoms with Gasteiger partial charge in [0.25, 0.3) is 17.5 Å². The summed E-state index contributed by atoms with van der Waals surface area (Å²) in [6, 6.07) is 8.83. The van der Waals surface area contributed by atoms with Crippen molar-refractivity contribution in [1.29, 1.82) is 0 Å². The molecule has 10 nitrogen and oxygen atoms in total. The Morgan fingerprint density at radius 1 is 1.19 bits per heavy atom. The second kappa shape index (κ2) is 10.6. The fourth-order valence-corrected chi connectivity index (χ4v) is 3.40. The molecule has 0 saturated carbocycles. The Hall–Kier alpha value is -3.66. The third kappa shape index (κ3) is 5.33. The van der Waals surface area contributed by atoms with Crippen molar-refractivity contribution in [1.82, 2.24) is 5.32 Å². The number of methoxy groups -OCH3 is 1. The van der Waals surface area contributed by atoms with Gasteiger partial charge in [-0.15, -0.1) is 0 Å². The van der Waals surface area contributed by atoms with Crippen molar-refractivity contribution >= 4 is 23.2 Å². The molecule has 0 aromatic heterocycles. The lowest BCUT2D eigenvalue weighted by atomic mass is 10.1. The van der Waals surface area contributed by atoms with Crippen LogP contribution >= 0.6 is 0 Å². The van der Waals surface area contributed by atoms with Crippen LogP contribution in [-0.2, 0) is 4.74 Å². The van der Waals surface area contributed by atoms with Crippen LogP contribution in [0.25, 0.3) is 0 Å². The Labute approximate surface area is 185 Å². The molecule has 2 N–H and O–H groups in total. The highest BCUT2D eigenvalue weighted by atomic mass is 16.6. The molecule has 2 aromatic rings. The Bertz CT molecular complexity index is 1000. The van der Waals surface area contributed by atoms with Crippen molar-refractivity contribution in [3.8, 4) is 11.5 Å². The minimum absolute atomic E-state index is 0.0281. The number of amides is 2. The molecule has 1 atom stereocenters. The molecule has 170 valence electrons. The van der Waals surface area contributed by atoms with E-state index in [4.69, 9.17) is 14.2 Å². The van der Waals surface area contributed by atoms with Gasteiger partial charge < -0.3 is 24.8 Å². The van der Waals surface area contributed by atoms with E-state index in [-0.39, 0.29) is 46.9 Å². The van der Waals surface area contributed by atoms with Gasteiger partial charge >= 0.3 is 0 Å². The standard InChI is InChI=1S/C22H25N3O7/c1-3-31-20-12-18(25(28)29)16(11-19(20)30-2)22(27)24-17-9-5-4-8-15(17)21(26)23-13-14-7-6-10-32-14/h4-5,8-9,11-12,14H,3,6-7,10,13H2,1-2H3,(H,23,26)(H,24,27). The van der Waals surface area contributed by atoms with E-state index in [9.17, 15) is 19.7 Å². The summed E-state index contributed by atoms with van der Waals surface area (Å²) in [4.78, 5) is 36.5. The van der Waals surface area contributed by atoms with E-state index in [1.54, 1.807) is 31.2 Å². The number of carbonyl (C=O) groups excluding carboxylic acids is 2. The fourth-order valence-electron chi connectivity index (χ4n) is 3.40. The zero-order valence-electron chi connectivity index (χ0n) is 17.9. The van der Waals surface area contributed by atoms with Gasteiger partial charge in [-0.05, 0) is 31.9 Å². The lowest BCUT2D eigenvalue weighted by molar-refractivity contribution is -0.385. The predicted molar refractivity (Wildman–Crippen MR) is 117 cm³/mol. The van der Waals surface area contributed by atoms with Crippen molar-refractivity contribution in [2.45, 2.75) is 25.9 Å². The first-order chi connectivity index (χ1) is 15.4. The molecule has 32 heavy (non-hydrogen) atoms. The molecule has 1 fully saturated rings. The van der Waals surface area contributed by atoms with Gasteiger partial charge in [-0.2, -0.15) is 0 Å². The molecule has 1 aliphatic rings. The summed E-state index contributed by atoms with van der Waals surface area (Å²) in [7, 11) is 1.37. The SMILES string of the molecule is CCOc1cc([N+](=O)[O-])c(C(=O)Nc2ccccc2C(=O)NCC2CCCO2)cc1OC. The van der Waals surface area contributed by atoms with Gasteiger partial charge in [-0.25, -0.2) is 0 Å². The summed E-state index contributed by atoms with van der Waals surface area (Å²) in [6.45, 7) is 3.04. The maximum Gasteiger partial charge on any atom is 0.286 e. The van der Waals surface area contributed by atoms with Gasteiger partial charge in [0.15, 0.2) is 11.5 Å². The number of nitrogens with zero attached hydrogens (tertiary/aromatic N) is 1. The number of hydrogen-bond donors (Lipinski definition) is 2. The Morgan fingerprint density at radius 3 is 2.62 bits per heavy atom. The number of nitrogens with one attached hydrogen (secondary N) is 2. The smallest absolute Gasteiger partial charge is 0.286 e. The minimum Gasteiger partial charge on any atom is -0.493 e. The first-order valence-electron chi connectivity index (χ1n) is 10.2. The van der Waals surface area contributed by atoms with E-state index in [1.165, 1.54) is 13.2 Å². The zero-order chi connectivity index (χ0) is 23.1. The van der Waals surface area contributed by atoms with Crippen LogP contribution in [0.5, 0.6) is 11.5 Å². The number of anilines is 1. The summed E-state index contributed by atoms with van der Waals surface area (Å²) in [5.41, 5.74) is -0.194. The molecule has 2 amide bonds. The monoisotopic (exact) mass is 443 g/mol. The number of nitro groups is 1. The van der Waals surface area contributed by atoms with Crippen LogP contribution in [0.1, 0.15) is 40.5 Å². The predicted octanol–water partition coefficient (Wildman–Crippen LogP) is 3.16. The number of rotatable bonds is 9. The van der Waals surface area contributed by atoms with E-state index in [0.717, 1.165) is 18.9 Å². The average Bonchev–Trinajstić information content (AvgIpc) is 3.31. The number of carbonyl (C=O) groups is 2. The van der Waals surface area contributed by atoms with Gasteiger partial charge in [0.2, 0.25) is 0 Å². The van der Waals surface area contributed by atoms with Crippen molar-refractivity contribution in [3.63, 3.8) is 0 Å². The molecule has 3 rings (SSSR count). The third-order valence-electron chi connectivity index (χ3n) is 4.96. The van der Waals surface area contributed by atoms with E-state index in [0.29, 0.717) is 13.2 Å². The second-order valence-electron chi connectivity index (χ2n) is 7.06. The molecule has 0 bridgehead atoms. The Kier molecular flexibility index (Phi) is 7.61. The first kappa shape index (κ1) is 23.0. The third-order valence-corrected chi connectivity index (χ3v) is 4.96. The van der Waals surface area contributed by atoms with E-state index >= 15 is 0 Å². The van der Waals surface area contributed by atoms with Crippen molar-refractivity contribution in [3.05, 3.63) is 57.6 Å². The van der Waals surface area contributed by atoms with E-state index in [2.05, 4.69) is 10.6 Å². The first-order valence-corrected chi connectivity index (χ1v) is 10.2. The highest BCUT2D eigenvalue weighted by Gasteiger charge is 2.26.